The third kappa shape index (κ3) is 5.06. The lowest BCUT2D eigenvalue weighted by molar-refractivity contribution is -0.149. The topological polar surface area (TPSA) is 74.7 Å². The molecular weight excluding hydrogens is 318 g/mol. The number of piperidine rings is 1. The number of carbonyl (C=O) groups excluding carboxylic acids is 2. The van der Waals surface area contributed by atoms with Gasteiger partial charge in [0.05, 0.1) is 0 Å². The van der Waals surface area contributed by atoms with Crippen LogP contribution in [0.4, 0.5) is 0 Å². The lowest BCUT2D eigenvalue weighted by Gasteiger charge is -2.30. The maximum absolute atomic E-state index is 12.2. The lowest BCUT2D eigenvalue weighted by Crippen LogP contribution is -2.43. The Morgan fingerprint density at radius 2 is 1.70 bits per heavy atom. The molecule has 1 aliphatic heterocycles. The number of carbonyl (C=O) groups is 3. The van der Waals surface area contributed by atoms with Crippen molar-refractivity contribution in [1.82, 2.24) is 4.90 Å². The van der Waals surface area contributed by atoms with E-state index in [2.05, 4.69) is 0 Å². The van der Waals surface area contributed by atoms with Gasteiger partial charge in [0.15, 0.2) is 0 Å². The summed E-state index contributed by atoms with van der Waals surface area (Å²) < 4.78 is 0. The van der Waals surface area contributed by atoms with Crippen molar-refractivity contribution in [2.24, 2.45) is 0 Å². The van der Waals surface area contributed by atoms with Gasteiger partial charge in [0, 0.05) is 36.7 Å². The van der Waals surface area contributed by atoms with E-state index in [0.29, 0.717) is 43.7 Å². The van der Waals surface area contributed by atoms with Crippen LogP contribution in [0.5, 0.6) is 0 Å². The van der Waals surface area contributed by atoms with Crippen molar-refractivity contribution in [1.29, 1.82) is 0 Å². The summed E-state index contributed by atoms with van der Waals surface area (Å²) in [6, 6.07) is 7.24. The summed E-state index contributed by atoms with van der Waals surface area (Å²) in [5.74, 6) is -1.21. The summed E-state index contributed by atoms with van der Waals surface area (Å²) >= 11 is 5.85. The number of amides is 2. The number of hydrogen-bond acceptors (Lipinski definition) is 3. The molecule has 0 radical (unpaired) electrons. The molecule has 2 amide bonds. The van der Waals surface area contributed by atoms with E-state index in [1.807, 2.05) is 12.1 Å². The van der Waals surface area contributed by atoms with Crippen molar-refractivity contribution in [3.8, 4) is 0 Å². The smallest absolute Gasteiger partial charge is 0.303 e. The molecule has 0 aromatic heterocycles. The Balaban J connectivity index is 1.85. The highest BCUT2D eigenvalue weighted by Gasteiger charge is 2.32. The summed E-state index contributed by atoms with van der Waals surface area (Å²) in [5.41, 5.74) is 0.956. The number of rotatable bonds is 7. The van der Waals surface area contributed by atoms with E-state index in [9.17, 15) is 14.4 Å². The molecule has 124 valence electrons. The highest BCUT2D eigenvalue weighted by Crippen LogP contribution is 2.30. The monoisotopic (exact) mass is 337 g/mol. The van der Waals surface area contributed by atoms with Crippen LogP contribution < -0.4 is 0 Å². The van der Waals surface area contributed by atoms with Crippen LogP contribution in [0.2, 0.25) is 5.02 Å². The van der Waals surface area contributed by atoms with Gasteiger partial charge in [0.1, 0.15) is 0 Å². The first-order chi connectivity index (χ1) is 11.0. The van der Waals surface area contributed by atoms with Gasteiger partial charge in [-0.3, -0.25) is 19.3 Å². The van der Waals surface area contributed by atoms with Gasteiger partial charge in [-0.1, -0.05) is 30.2 Å². The van der Waals surface area contributed by atoms with Crippen molar-refractivity contribution >= 4 is 29.4 Å². The third-order valence-corrected chi connectivity index (χ3v) is 4.31. The number of imide groups is 1. The molecule has 23 heavy (non-hydrogen) atoms. The summed E-state index contributed by atoms with van der Waals surface area (Å²) in [6.45, 7) is 0.380. The number of nitrogens with zero attached hydrogens (tertiary/aromatic N) is 1. The summed E-state index contributed by atoms with van der Waals surface area (Å²) in [5, 5.41) is 9.20. The van der Waals surface area contributed by atoms with Crippen LogP contribution >= 0.6 is 11.6 Å². The molecule has 0 atom stereocenters. The second kappa shape index (κ2) is 8.11. The number of hydrogen-bond donors (Lipinski definition) is 1. The maximum Gasteiger partial charge on any atom is 0.303 e. The fraction of sp³-hybridized carbons (Fsp3) is 0.471. The maximum atomic E-state index is 12.2. The van der Waals surface area contributed by atoms with E-state index in [-0.39, 0.29) is 24.2 Å². The van der Waals surface area contributed by atoms with Crippen molar-refractivity contribution in [3.05, 3.63) is 34.9 Å². The number of halogens is 1. The molecule has 2 rings (SSSR count). The molecular formula is C17H20ClNO4. The molecule has 1 aromatic rings. The molecule has 1 saturated heterocycles. The number of benzene rings is 1. The fourth-order valence-corrected chi connectivity index (χ4v) is 2.92. The lowest BCUT2D eigenvalue weighted by atomic mass is 9.88. The molecule has 0 spiro atoms. The average Bonchev–Trinajstić information content (AvgIpc) is 2.49. The van der Waals surface area contributed by atoms with Crippen LogP contribution in [-0.4, -0.2) is 34.3 Å². The van der Waals surface area contributed by atoms with Crippen molar-refractivity contribution in [3.63, 3.8) is 0 Å². The highest BCUT2D eigenvalue weighted by molar-refractivity contribution is 6.30. The Kier molecular flexibility index (Phi) is 6.16. The normalized spacial score (nSPS) is 16.0. The van der Waals surface area contributed by atoms with Crippen LogP contribution in [0.1, 0.15) is 50.0 Å². The van der Waals surface area contributed by atoms with Crippen LogP contribution in [0, 0.1) is 0 Å². The number of likely N-dealkylation sites (tertiary alicyclic amines) is 1. The predicted octanol–water partition coefficient (Wildman–Crippen LogP) is 3.22. The summed E-state index contributed by atoms with van der Waals surface area (Å²) in [6.07, 6.45) is 2.69. The Labute approximate surface area is 140 Å². The van der Waals surface area contributed by atoms with Crippen LogP contribution in [0.15, 0.2) is 24.3 Å². The molecule has 1 fully saturated rings. The van der Waals surface area contributed by atoms with E-state index in [0.717, 1.165) is 5.56 Å². The van der Waals surface area contributed by atoms with Crippen molar-refractivity contribution in [2.75, 3.05) is 6.54 Å². The van der Waals surface area contributed by atoms with E-state index in [1.54, 1.807) is 12.1 Å². The molecule has 1 heterocycles. The zero-order chi connectivity index (χ0) is 16.8. The third-order valence-electron chi connectivity index (χ3n) is 4.06. The van der Waals surface area contributed by atoms with Gasteiger partial charge in [-0.15, -0.1) is 0 Å². The van der Waals surface area contributed by atoms with E-state index < -0.39 is 5.97 Å². The molecule has 6 heteroatoms. The summed E-state index contributed by atoms with van der Waals surface area (Å²) in [4.78, 5) is 36.2. The van der Waals surface area contributed by atoms with E-state index in [1.165, 1.54) is 4.90 Å². The zero-order valence-corrected chi connectivity index (χ0v) is 13.6. The standard InChI is InChI=1S/C17H20ClNO4/c18-14-7-5-12(6-8-14)13-10-15(20)19(16(21)11-13)9-3-1-2-4-17(22)23/h5-8,13H,1-4,9-11H2,(H,22,23). The Bertz CT molecular complexity index is 567. The summed E-state index contributed by atoms with van der Waals surface area (Å²) in [7, 11) is 0. The molecule has 0 saturated carbocycles. The van der Waals surface area contributed by atoms with Crippen molar-refractivity contribution in [2.45, 2.75) is 44.4 Å². The van der Waals surface area contributed by atoms with Gasteiger partial charge in [0.2, 0.25) is 11.8 Å². The molecule has 5 nitrogen and oxygen atoms in total. The van der Waals surface area contributed by atoms with Gasteiger partial charge in [-0.2, -0.15) is 0 Å². The minimum Gasteiger partial charge on any atom is -0.481 e. The molecule has 1 N–H and O–H groups in total. The molecule has 1 aromatic carbocycles. The first-order valence-electron chi connectivity index (χ1n) is 7.78. The quantitative estimate of drug-likeness (QED) is 0.612. The number of carboxylic acid groups (broad SMARTS) is 1. The zero-order valence-electron chi connectivity index (χ0n) is 12.8. The largest absolute Gasteiger partial charge is 0.481 e. The predicted molar refractivity (Wildman–Crippen MR) is 86.3 cm³/mol. The first-order valence-corrected chi connectivity index (χ1v) is 8.15. The number of carboxylic acids is 1. The SMILES string of the molecule is O=C(O)CCCCCN1C(=O)CC(c2ccc(Cl)cc2)CC1=O. The van der Waals surface area contributed by atoms with Gasteiger partial charge >= 0.3 is 5.97 Å². The van der Waals surface area contributed by atoms with Crippen LogP contribution in [0.25, 0.3) is 0 Å². The molecule has 1 aliphatic rings. The fourth-order valence-electron chi connectivity index (χ4n) is 2.80. The van der Waals surface area contributed by atoms with Gasteiger partial charge in [-0.05, 0) is 30.5 Å². The number of aliphatic carboxylic acids is 1. The second-order valence-corrected chi connectivity index (χ2v) is 6.24. The number of unbranched alkanes of at least 4 members (excludes halogenated alkanes) is 2. The van der Waals surface area contributed by atoms with Crippen LogP contribution in [-0.2, 0) is 14.4 Å². The molecule has 0 bridgehead atoms. The minimum absolute atomic E-state index is 0.0875. The second-order valence-electron chi connectivity index (χ2n) is 5.80. The van der Waals surface area contributed by atoms with Crippen LogP contribution in [0.3, 0.4) is 0 Å². The minimum atomic E-state index is -0.819. The Hall–Kier alpha value is -1.88. The molecule has 0 aliphatic carbocycles. The average molecular weight is 338 g/mol. The van der Waals surface area contributed by atoms with Gasteiger partial charge in [0.25, 0.3) is 0 Å². The Morgan fingerprint density at radius 3 is 2.26 bits per heavy atom. The van der Waals surface area contributed by atoms with Gasteiger partial charge in [-0.25, -0.2) is 0 Å². The van der Waals surface area contributed by atoms with E-state index >= 15 is 0 Å². The van der Waals surface area contributed by atoms with Crippen molar-refractivity contribution < 1.29 is 19.5 Å². The Morgan fingerprint density at radius 1 is 1.09 bits per heavy atom. The first kappa shape index (κ1) is 17.5. The molecule has 0 unspecified atom stereocenters. The highest BCUT2D eigenvalue weighted by atomic mass is 35.5. The van der Waals surface area contributed by atoms with Gasteiger partial charge < -0.3 is 5.11 Å². The van der Waals surface area contributed by atoms with E-state index in [4.69, 9.17) is 16.7 Å².